The molecule has 3 aromatic rings. The molecule has 0 saturated carbocycles. The summed E-state index contributed by atoms with van der Waals surface area (Å²) >= 11 is 0. The number of hydrogen-bond acceptors (Lipinski definition) is 4. The monoisotopic (exact) mass is 319 g/mol. The maximum atomic E-state index is 12.5. The van der Waals surface area contributed by atoms with Crippen molar-refractivity contribution < 1.29 is 4.79 Å². The Bertz CT molecular complexity index is 921. The van der Waals surface area contributed by atoms with E-state index in [-0.39, 0.29) is 11.9 Å². The molecule has 0 saturated heterocycles. The average molecular weight is 319 g/mol. The van der Waals surface area contributed by atoms with Crippen molar-refractivity contribution in [3.8, 4) is 6.07 Å². The Morgan fingerprint density at radius 3 is 2.71 bits per heavy atom. The van der Waals surface area contributed by atoms with Crippen molar-refractivity contribution in [3.05, 3.63) is 59.2 Å². The molecule has 0 bridgehead atoms. The Morgan fingerprint density at radius 1 is 1.29 bits per heavy atom. The largest absolute Gasteiger partial charge is 0.346 e. The molecule has 0 radical (unpaired) electrons. The molecule has 0 spiro atoms. The second-order valence-corrected chi connectivity index (χ2v) is 5.54. The Labute approximate surface area is 139 Å². The smallest absolute Gasteiger partial charge is 0.251 e. The maximum absolute atomic E-state index is 12.5. The predicted octanol–water partition coefficient (Wildman–Crippen LogP) is 2.81. The Balaban J connectivity index is 1.77. The summed E-state index contributed by atoms with van der Waals surface area (Å²) < 4.78 is 1.79. The van der Waals surface area contributed by atoms with Crippen LogP contribution in [0.4, 0.5) is 0 Å². The van der Waals surface area contributed by atoms with Crippen LogP contribution in [0.2, 0.25) is 0 Å². The third kappa shape index (κ3) is 2.97. The summed E-state index contributed by atoms with van der Waals surface area (Å²) in [6.45, 7) is 4.64. The third-order valence-electron chi connectivity index (χ3n) is 3.96. The minimum Gasteiger partial charge on any atom is -0.346 e. The SMILES string of the molecule is CCn1nnc2cc(C(=O)NC(C)c3ccc(C#N)cc3)ccc21. The zero-order valence-corrected chi connectivity index (χ0v) is 13.5. The molecule has 24 heavy (non-hydrogen) atoms. The van der Waals surface area contributed by atoms with E-state index in [1.165, 1.54) is 0 Å². The van der Waals surface area contributed by atoms with Crippen molar-refractivity contribution in [1.82, 2.24) is 20.3 Å². The number of nitrogens with one attached hydrogen (secondary N) is 1. The van der Waals surface area contributed by atoms with Gasteiger partial charge in [0.1, 0.15) is 5.52 Å². The first-order valence-corrected chi connectivity index (χ1v) is 7.76. The lowest BCUT2D eigenvalue weighted by molar-refractivity contribution is 0.0940. The van der Waals surface area contributed by atoms with Gasteiger partial charge in [-0.3, -0.25) is 4.79 Å². The van der Waals surface area contributed by atoms with Crippen LogP contribution in [0.3, 0.4) is 0 Å². The van der Waals surface area contributed by atoms with Crippen LogP contribution in [0.15, 0.2) is 42.5 Å². The van der Waals surface area contributed by atoms with Gasteiger partial charge in [0, 0.05) is 12.1 Å². The van der Waals surface area contributed by atoms with Crippen LogP contribution in [-0.4, -0.2) is 20.9 Å². The fraction of sp³-hybridized carbons (Fsp3) is 0.222. The van der Waals surface area contributed by atoms with E-state index in [9.17, 15) is 4.79 Å². The van der Waals surface area contributed by atoms with Crippen LogP contribution in [-0.2, 0) is 6.54 Å². The van der Waals surface area contributed by atoms with Crippen molar-refractivity contribution in [2.75, 3.05) is 0 Å². The van der Waals surface area contributed by atoms with Crippen molar-refractivity contribution in [1.29, 1.82) is 5.26 Å². The molecule has 3 rings (SSSR count). The summed E-state index contributed by atoms with van der Waals surface area (Å²) in [6.07, 6.45) is 0. The minimum absolute atomic E-state index is 0.160. The van der Waals surface area contributed by atoms with Gasteiger partial charge < -0.3 is 5.32 Å². The number of fused-ring (bicyclic) bond motifs is 1. The zero-order valence-electron chi connectivity index (χ0n) is 13.5. The second-order valence-electron chi connectivity index (χ2n) is 5.54. The van der Waals surface area contributed by atoms with Gasteiger partial charge in [-0.25, -0.2) is 4.68 Å². The van der Waals surface area contributed by atoms with Crippen molar-refractivity contribution in [2.45, 2.75) is 26.4 Å². The highest BCUT2D eigenvalue weighted by atomic mass is 16.1. The molecule has 0 aliphatic rings. The molecule has 0 aliphatic heterocycles. The van der Waals surface area contributed by atoms with Gasteiger partial charge in [-0.15, -0.1) is 5.10 Å². The van der Waals surface area contributed by atoms with Crippen LogP contribution < -0.4 is 5.32 Å². The van der Waals surface area contributed by atoms with Gasteiger partial charge in [-0.05, 0) is 49.7 Å². The first-order valence-electron chi connectivity index (χ1n) is 7.76. The first kappa shape index (κ1) is 15.7. The van der Waals surface area contributed by atoms with Crippen molar-refractivity contribution >= 4 is 16.9 Å². The molecule has 1 heterocycles. The number of carbonyl (C=O) groups is 1. The normalized spacial score (nSPS) is 11.9. The lowest BCUT2D eigenvalue weighted by Crippen LogP contribution is -2.26. The second kappa shape index (κ2) is 6.50. The number of aromatic nitrogens is 3. The Hall–Kier alpha value is -3.20. The molecule has 120 valence electrons. The van der Waals surface area contributed by atoms with Gasteiger partial charge in [-0.2, -0.15) is 5.26 Å². The number of carbonyl (C=O) groups excluding carboxylic acids is 1. The zero-order chi connectivity index (χ0) is 17.1. The van der Waals surface area contributed by atoms with Crippen LogP contribution >= 0.6 is 0 Å². The van der Waals surface area contributed by atoms with E-state index in [4.69, 9.17) is 5.26 Å². The number of rotatable bonds is 4. The van der Waals surface area contributed by atoms with Gasteiger partial charge >= 0.3 is 0 Å². The molecule has 0 fully saturated rings. The molecular formula is C18H17N5O. The molecule has 1 unspecified atom stereocenters. The molecule has 6 nitrogen and oxygen atoms in total. The molecule has 6 heteroatoms. The van der Waals surface area contributed by atoms with Crippen LogP contribution in [0.1, 0.15) is 41.4 Å². The number of amides is 1. The molecule has 1 aromatic heterocycles. The molecule has 2 aromatic carbocycles. The average Bonchev–Trinajstić information content (AvgIpc) is 3.04. The number of nitrogens with zero attached hydrogens (tertiary/aromatic N) is 4. The number of nitriles is 1. The summed E-state index contributed by atoms with van der Waals surface area (Å²) in [7, 11) is 0. The standard InChI is InChI=1S/C18H17N5O/c1-3-23-17-9-8-15(10-16(17)21-22-23)18(24)20-12(2)14-6-4-13(11-19)5-7-14/h4-10,12H,3H2,1-2H3,(H,20,24). The summed E-state index contributed by atoms with van der Waals surface area (Å²) in [4.78, 5) is 12.5. The van der Waals surface area contributed by atoms with E-state index in [1.54, 1.807) is 28.9 Å². The summed E-state index contributed by atoms with van der Waals surface area (Å²) in [5, 5.41) is 19.9. The summed E-state index contributed by atoms with van der Waals surface area (Å²) in [5.74, 6) is -0.167. The Kier molecular flexibility index (Phi) is 4.25. The van der Waals surface area contributed by atoms with Crippen molar-refractivity contribution in [2.24, 2.45) is 0 Å². The topological polar surface area (TPSA) is 83.6 Å². The van der Waals surface area contributed by atoms with Gasteiger partial charge in [-0.1, -0.05) is 17.3 Å². The fourth-order valence-electron chi connectivity index (χ4n) is 2.56. The lowest BCUT2D eigenvalue weighted by Gasteiger charge is -2.14. The van der Waals surface area contributed by atoms with Crippen LogP contribution in [0, 0.1) is 11.3 Å². The van der Waals surface area contributed by atoms with Gasteiger partial charge in [0.15, 0.2) is 0 Å². The van der Waals surface area contributed by atoms with E-state index in [0.717, 1.165) is 17.6 Å². The number of benzene rings is 2. The van der Waals surface area contributed by atoms with E-state index in [0.29, 0.717) is 16.6 Å². The third-order valence-corrected chi connectivity index (χ3v) is 3.96. The first-order chi connectivity index (χ1) is 11.6. The number of aryl methyl sites for hydroxylation is 1. The van der Waals surface area contributed by atoms with Crippen LogP contribution in [0.5, 0.6) is 0 Å². The van der Waals surface area contributed by atoms with Gasteiger partial charge in [0.05, 0.1) is 23.2 Å². The van der Waals surface area contributed by atoms with Crippen LogP contribution in [0.25, 0.3) is 11.0 Å². The van der Waals surface area contributed by atoms with E-state index in [1.807, 2.05) is 32.0 Å². The fourth-order valence-corrected chi connectivity index (χ4v) is 2.56. The highest BCUT2D eigenvalue weighted by molar-refractivity contribution is 5.97. The van der Waals surface area contributed by atoms with Crippen molar-refractivity contribution in [3.63, 3.8) is 0 Å². The highest BCUT2D eigenvalue weighted by Crippen LogP contribution is 2.16. The molecule has 1 atom stereocenters. The van der Waals surface area contributed by atoms with E-state index in [2.05, 4.69) is 21.7 Å². The van der Waals surface area contributed by atoms with Gasteiger partial charge in [0.25, 0.3) is 5.91 Å². The number of hydrogen-bond donors (Lipinski definition) is 1. The predicted molar refractivity (Wildman–Crippen MR) is 90.2 cm³/mol. The minimum atomic E-state index is -0.167. The highest BCUT2D eigenvalue weighted by Gasteiger charge is 2.13. The van der Waals surface area contributed by atoms with E-state index >= 15 is 0 Å². The molecular weight excluding hydrogens is 302 g/mol. The maximum Gasteiger partial charge on any atom is 0.251 e. The quantitative estimate of drug-likeness (QED) is 0.801. The van der Waals surface area contributed by atoms with E-state index < -0.39 is 0 Å². The molecule has 1 N–H and O–H groups in total. The van der Waals surface area contributed by atoms with Gasteiger partial charge in [0.2, 0.25) is 0 Å². The Morgan fingerprint density at radius 2 is 2.04 bits per heavy atom. The summed E-state index contributed by atoms with van der Waals surface area (Å²) in [5.41, 5.74) is 3.71. The summed E-state index contributed by atoms with van der Waals surface area (Å²) in [6, 6.07) is 14.5. The molecule has 0 aliphatic carbocycles. The lowest BCUT2D eigenvalue weighted by atomic mass is 10.1. The molecule has 1 amide bonds.